The van der Waals surface area contributed by atoms with Gasteiger partial charge < -0.3 is 0 Å². The van der Waals surface area contributed by atoms with Gasteiger partial charge in [0.05, 0.1) is 4.90 Å². The maximum absolute atomic E-state index is 12.7. The molecule has 0 unspecified atom stereocenters. The molecule has 0 aliphatic heterocycles. The number of halogens is 1. The minimum Gasteiger partial charge on any atom is -0.209 e. The minimum absolute atomic E-state index is 0.0498. The zero-order valence-corrected chi connectivity index (χ0v) is 8.81. The lowest BCUT2D eigenvalue weighted by atomic mass is 10.4. The zero-order valence-electron chi connectivity index (χ0n) is 7.99. The summed E-state index contributed by atoms with van der Waals surface area (Å²) in [4.78, 5) is -0.0498. The van der Waals surface area contributed by atoms with E-state index in [4.69, 9.17) is 0 Å². The van der Waals surface area contributed by atoms with E-state index in [1.807, 2.05) is 0 Å². The van der Waals surface area contributed by atoms with E-state index in [1.165, 1.54) is 18.2 Å². The molecule has 78 valence electrons. The first-order valence-electron chi connectivity index (χ1n) is 4.20. The maximum atomic E-state index is 12.7. The number of hydrogen-bond acceptors (Lipinski definition) is 2. The van der Waals surface area contributed by atoms with Gasteiger partial charge in [0.15, 0.2) is 0 Å². The molecule has 0 atom stereocenters. The first-order chi connectivity index (χ1) is 6.42. The van der Waals surface area contributed by atoms with Crippen molar-refractivity contribution in [2.45, 2.75) is 24.8 Å². The van der Waals surface area contributed by atoms with Crippen molar-refractivity contribution in [2.75, 3.05) is 0 Å². The molecule has 1 rings (SSSR count). The van der Waals surface area contributed by atoms with Gasteiger partial charge in [-0.2, -0.15) is 0 Å². The zero-order chi connectivity index (χ0) is 10.8. The molecule has 0 aliphatic rings. The summed E-state index contributed by atoms with van der Waals surface area (Å²) >= 11 is 0. The van der Waals surface area contributed by atoms with Gasteiger partial charge >= 0.3 is 0 Å². The highest BCUT2D eigenvalue weighted by atomic mass is 32.2. The van der Waals surface area contributed by atoms with Crippen LogP contribution in [0, 0.1) is 5.82 Å². The Labute approximate surface area is 83.0 Å². The van der Waals surface area contributed by atoms with E-state index in [0.717, 1.165) is 6.07 Å². The van der Waals surface area contributed by atoms with Crippen LogP contribution in [-0.2, 0) is 10.0 Å². The van der Waals surface area contributed by atoms with Crippen molar-refractivity contribution in [3.8, 4) is 0 Å². The van der Waals surface area contributed by atoms with Crippen molar-refractivity contribution < 1.29 is 12.8 Å². The van der Waals surface area contributed by atoms with Crippen LogP contribution in [0.3, 0.4) is 0 Å². The Bertz CT molecular complexity index is 415. The van der Waals surface area contributed by atoms with Crippen LogP contribution >= 0.6 is 0 Å². The molecular weight excluding hydrogens is 205 g/mol. The third-order valence-electron chi connectivity index (χ3n) is 1.50. The lowest BCUT2D eigenvalue weighted by Crippen LogP contribution is -2.30. The van der Waals surface area contributed by atoms with Crippen molar-refractivity contribution in [2.24, 2.45) is 0 Å². The van der Waals surface area contributed by atoms with Crippen LogP contribution in [-0.4, -0.2) is 14.5 Å². The Balaban J connectivity index is 3.05. The molecule has 3 nitrogen and oxygen atoms in total. The fraction of sp³-hybridized carbons (Fsp3) is 0.333. The molecule has 0 fully saturated rings. The van der Waals surface area contributed by atoms with Crippen molar-refractivity contribution >= 4 is 10.0 Å². The largest absolute Gasteiger partial charge is 0.240 e. The van der Waals surface area contributed by atoms with E-state index in [1.54, 1.807) is 13.8 Å². The summed E-state index contributed by atoms with van der Waals surface area (Å²) in [5.41, 5.74) is 0. The molecule has 0 aromatic heterocycles. The van der Waals surface area contributed by atoms with Crippen LogP contribution in [0.2, 0.25) is 0 Å². The van der Waals surface area contributed by atoms with E-state index in [-0.39, 0.29) is 10.9 Å². The van der Waals surface area contributed by atoms with Crippen molar-refractivity contribution in [3.63, 3.8) is 0 Å². The van der Waals surface area contributed by atoms with E-state index >= 15 is 0 Å². The monoisotopic (exact) mass is 217 g/mol. The lowest BCUT2D eigenvalue weighted by molar-refractivity contribution is 0.566. The molecule has 5 heteroatoms. The number of rotatable bonds is 3. The molecular formula is C9H12FNO2S. The van der Waals surface area contributed by atoms with E-state index in [0.29, 0.717) is 0 Å². The molecule has 0 aliphatic carbocycles. The molecule has 0 heterocycles. The molecule has 0 saturated carbocycles. The summed E-state index contributed by atoms with van der Waals surface area (Å²) in [6.45, 7) is 3.41. The van der Waals surface area contributed by atoms with Gasteiger partial charge in [-0.05, 0) is 32.0 Å². The average molecular weight is 217 g/mol. The number of hydrogen-bond donors (Lipinski definition) is 1. The molecule has 14 heavy (non-hydrogen) atoms. The minimum atomic E-state index is -3.57. The number of nitrogens with one attached hydrogen (secondary N) is 1. The molecule has 0 amide bonds. The summed E-state index contributed by atoms with van der Waals surface area (Å²) in [5, 5.41) is 0. The van der Waals surface area contributed by atoms with Crippen molar-refractivity contribution in [3.05, 3.63) is 30.1 Å². The van der Waals surface area contributed by atoms with Gasteiger partial charge in [-0.1, -0.05) is 6.07 Å². The molecule has 0 saturated heterocycles. The second-order valence-corrected chi connectivity index (χ2v) is 4.95. The van der Waals surface area contributed by atoms with Gasteiger partial charge in [0.2, 0.25) is 10.0 Å². The van der Waals surface area contributed by atoms with Gasteiger partial charge in [-0.15, -0.1) is 0 Å². The second-order valence-electron chi connectivity index (χ2n) is 3.23. The smallest absolute Gasteiger partial charge is 0.209 e. The Kier molecular flexibility index (Phi) is 3.23. The molecule has 1 N–H and O–H groups in total. The Hall–Kier alpha value is -0.940. The SMILES string of the molecule is CC(C)NS(=O)(=O)c1cccc(F)c1. The van der Waals surface area contributed by atoms with Gasteiger partial charge in [0, 0.05) is 6.04 Å². The average Bonchev–Trinajstić information content (AvgIpc) is 2.01. The van der Waals surface area contributed by atoms with Crippen LogP contribution in [0.5, 0.6) is 0 Å². The Morgan fingerprint density at radius 2 is 2.00 bits per heavy atom. The maximum Gasteiger partial charge on any atom is 0.240 e. The first kappa shape index (κ1) is 11.1. The van der Waals surface area contributed by atoms with Crippen molar-refractivity contribution in [1.29, 1.82) is 0 Å². The van der Waals surface area contributed by atoms with Crippen LogP contribution in [0.25, 0.3) is 0 Å². The lowest BCUT2D eigenvalue weighted by Gasteiger charge is -2.08. The number of benzene rings is 1. The van der Waals surface area contributed by atoms with Crippen molar-refractivity contribution in [1.82, 2.24) is 4.72 Å². The highest BCUT2D eigenvalue weighted by molar-refractivity contribution is 7.89. The molecule has 1 aromatic rings. The highest BCUT2D eigenvalue weighted by Crippen LogP contribution is 2.10. The predicted molar refractivity (Wildman–Crippen MR) is 51.9 cm³/mol. The fourth-order valence-corrected chi connectivity index (χ4v) is 2.29. The summed E-state index contributed by atoms with van der Waals surface area (Å²) < 4.78 is 38.1. The Morgan fingerprint density at radius 1 is 1.36 bits per heavy atom. The summed E-state index contributed by atoms with van der Waals surface area (Å²) in [7, 11) is -3.57. The van der Waals surface area contributed by atoms with Gasteiger partial charge in [-0.25, -0.2) is 17.5 Å². The highest BCUT2D eigenvalue weighted by Gasteiger charge is 2.15. The third-order valence-corrected chi connectivity index (χ3v) is 3.15. The van der Waals surface area contributed by atoms with Gasteiger partial charge in [0.1, 0.15) is 5.82 Å². The summed E-state index contributed by atoms with van der Waals surface area (Å²) in [6, 6.07) is 4.71. The Morgan fingerprint density at radius 3 is 2.50 bits per heavy atom. The van der Waals surface area contributed by atoms with Gasteiger partial charge in [0.25, 0.3) is 0 Å². The quantitative estimate of drug-likeness (QED) is 0.834. The summed E-state index contributed by atoms with van der Waals surface area (Å²) in [6.07, 6.45) is 0. The molecule has 0 spiro atoms. The number of sulfonamides is 1. The fourth-order valence-electron chi connectivity index (χ4n) is 1.01. The summed E-state index contributed by atoms with van der Waals surface area (Å²) in [5.74, 6) is -0.559. The van der Waals surface area contributed by atoms with E-state index < -0.39 is 15.8 Å². The van der Waals surface area contributed by atoms with Crippen LogP contribution < -0.4 is 4.72 Å². The molecule has 1 aromatic carbocycles. The first-order valence-corrected chi connectivity index (χ1v) is 5.68. The van der Waals surface area contributed by atoms with E-state index in [2.05, 4.69) is 4.72 Å². The topological polar surface area (TPSA) is 46.2 Å². The predicted octanol–water partition coefficient (Wildman–Crippen LogP) is 1.51. The van der Waals surface area contributed by atoms with Gasteiger partial charge in [-0.3, -0.25) is 0 Å². The standard InChI is InChI=1S/C9H12FNO2S/c1-7(2)11-14(12,13)9-5-3-4-8(10)6-9/h3-7,11H,1-2H3. The van der Waals surface area contributed by atoms with Crippen LogP contribution in [0.1, 0.15) is 13.8 Å². The normalized spacial score (nSPS) is 12.0. The molecule has 0 radical (unpaired) electrons. The van der Waals surface area contributed by atoms with Crippen LogP contribution in [0.4, 0.5) is 4.39 Å². The van der Waals surface area contributed by atoms with Crippen LogP contribution in [0.15, 0.2) is 29.2 Å². The van der Waals surface area contributed by atoms with E-state index in [9.17, 15) is 12.8 Å². The second kappa shape index (κ2) is 4.06. The molecule has 0 bridgehead atoms. The third kappa shape index (κ3) is 2.78.